The number of nitriles is 1. The lowest BCUT2D eigenvalue weighted by molar-refractivity contribution is -0.137. The molecular weight excluding hydrogens is 271 g/mol. The minimum Gasteiger partial charge on any atom is -0.325 e. The Hall–Kier alpha value is -1.94. The fourth-order valence-electron chi connectivity index (χ4n) is 1.12. The van der Waals surface area contributed by atoms with E-state index in [4.69, 9.17) is 16.9 Å². The molecule has 1 aromatic carbocycles. The lowest BCUT2D eigenvalue weighted by atomic mass is 10.2. The molecule has 18 heavy (non-hydrogen) atoms. The number of anilines is 1. The van der Waals surface area contributed by atoms with Gasteiger partial charge in [0.1, 0.15) is 6.54 Å². The van der Waals surface area contributed by atoms with Gasteiger partial charge in [0.15, 0.2) is 0 Å². The second kappa shape index (κ2) is 5.60. The standard InChI is InChI=1S/C10H7ClF3N3O/c11-8-2-1-6(5-7(8)10(12,13)14)17-9(18)16-4-3-15/h1-2,5H,4H2,(H2,16,17,18). The van der Waals surface area contributed by atoms with Crippen LogP contribution in [0.1, 0.15) is 5.56 Å². The summed E-state index contributed by atoms with van der Waals surface area (Å²) in [4.78, 5) is 11.1. The van der Waals surface area contributed by atoms with E-state index in [2.05, 4.69) is 10.6 Å². The average molecular weight is 278 g/mol. The van der Waals surface area contributed by atoms with Crippen LogP contribution in [0, 0.1) is 11.3 Å². The van der Waals surface area contributed by atoms with Gasteiger partial charge in [-0.15, -0.1) is 0 Å². The van der Waals surface area contributed by atoms with Crippen molar-refractivity contribution in [2.24, 2.45) is 0 Å². The summed E-state index contributed by atoms with van der Waals surface area (Å²) < 4.78 is 37.5. The highest BCUT2D eigenvalue weighted by Gasteiger charge is 2.33. The van der Waals surface area contributed by atoms with Crippen LogP contribution in [0.5, 0.6) is 0 Å². The van der Waals surface area contributed by atoms with Crippen molar-refractivity contribution in [3.8, 4) is 6.07 Å². The fourth-order valence-corrected chi connectivity index (χ4v) is 1.34. The molecule has 0 bridgehead atoms. The van der Waals surface area contributed by atoms with Crippen molar-refractivity contribution in [1.82, 2.24) is 5.32 Å². The molecule has 8 heteroatoms. The van der Waals surface area contributed by atoms with E-state index in [0.717, 1.165) is 6.07 Å². The number of halogens is 4. The number of urea groups is 1. The molecule has 4 nitrogen and oxygen atoms in total. The molecule has 0 fully saturated rings. The molecule has 0 saturated heterocycles. The molecule has 1 rings (SSSR count). The number of alkyl halides is 3. The minimum absolute atomic E-state index is 0.0674. The van der Waals surface area contributed by atoms with E-state index in [1.807, 2.05) is 0 Å². The van der Waals surface area contributed by atoms with Crippen molar-refractivity contribution in [1.29, 1.82) is 5.26 Å². The van der Waals surface area contributed by atoms with E-state index in [1.54, 1.807) is 6.07 Å². The summed E-state index contributed by atoms with van der Waals surface area (Å²) in [6, 6.07) is 3.86. The number of rotatable bonds is 2. The van der Waals surface area contributed by atoms with E-state index in [1.165, 1.54) is 6.07 Å². The Labute approximate surface area is 105 Å². The molecule has 1 aromatic rings. The maximum atomic E-state index is 12.5. The summed E-state index contributed by atoms with van der Waals surface area (Å²) in [7, 11) is 0. The molecule has 0 saturated carbocycles. The van der Waals surface area contributed by atoms with Gasteiger partial charge in [-0.2, -0.15) is 18.4 Å². The number of nitrogens with zero attached hydrogens (tertiary/aromatic N) is 1. The molecule has 0 aliphatic rings. The van der Waals surface area contributed by atoms with Gasteiger partial charge < -0.3 is 10.6 Å². The summed E-state index contributed by atoms with van der Waals surface area (Å²) in [5.74, 6) is 0. The predicted octanol–water partition coefficient (Wildman–Crippen LogP) is 3.00. The maximum absolute atomic E-state index is 12.5. The molecule has 0 spiro atoms. The highest BCUT2D eigenvalue weighted by Crippen LogP contribution is 2.36. The van der Waals surface area contributed by atoms with Crippen molar-refractivity contribution >= 4 is 23.3 Å². The quantitative estimate of drug-likeness (QED) is 0.816. The molecule has 0 aromatic heterocycles. The molecule has 0 aliphatic carbocycles. The third-order valence-corrected chi connectivity index (χ3v) is 2.19. The molecule has 0 aliphatic heterocycles. The monoisotopic (exact) mass is 277 g/mol. The molecule has 96 valence electrons. The molecule has 0 atom stereocenters. The lowest BCUT2D eigenvalue weighted by Gasteiger charge is -2.11. The number of hydrogen-bond donors (Lipinski definition) is 2. The zero-order chi connectivity index (χ0) is 13.8. The highest BCUT2D eigenvalue weighted by atomic mass is 35.5. The number of hydrogen-bond acceptors (Lipinski definition) is 2. The molecular formula is C10H7ClF3N3O. The first-order valence-electron chi connectivity index (χ1n) is 4.63. The topological polar surface area (TPSA) is 64.9 Å². The Morgan fingerprint density at radius 1 is 1.44 bits per heavy atom. The maximum Gasteiger partial charge on any atom is 0.417 e. The fraction of sp³-hybridized carbons (Fsp3) is 0.200. The smallest absolute Gasteiger partial charge is 0.325 e. The SMILES string of the molecule is N#CCNC(=O)Nc1ccc(Cl)c(C(F)(F)F)c1. The van der Waals surface area contributed by atoms with Crippen LogP contribution in [0.3, 0.4) is 0 Å². The van der Waals surface area contributed by atoms with Crippen LogP contribution in [-0.4, -0.2) is 12.6 Å². The van der Waals surface area contributed by atoms with E-state index >= 15 is 0 Å². The van der Waals surface area contributed by atoms with Gasteiger partial charge in [0, 0.05) is 5.69 Å². The third-order valence-electron chi connectivity index (χ3n) is 1.86. The Kier molecular flexibility index (Phi) is 4.39. The number of carbonyl (C=O) groups excluding carboxylic acids is 1. The van der Waals surface area contributed by atoms with Gasteiger partial charge in [-0.1, -0.05) is 11.6 Å². The summed E-state index contributed by atoms with van der Waals surface area (Å²) >= 11 is 5.41. The first-order valence-corrected chi connectivity index (χ1v) is 5.01. The number of carbonyl (C=O) groups is 1. The highest BCUT2D eigenvalue weighted by molar-refractivity contribution is 6.31. The van der Waals surface area contributed by atoms with Crippen LogP contribution >= 0.6 is 11.6 Å². The third kappa shape index (κ3) is 3.82. The summed E-state index contributed by atoms with van der Waals surface area (Å²) in [5, 5.41) is 12.0. The molecule has 0 radical (unpaired) electrons. The zero-order valence-corrected chi connectivity index (χ0v) is 9.56. The van der Waals surface area contributed by atoms with Crippen molar-refractivity contribution in [3.05, 3.63) is 28.8 Å². The molecule has 0 heterocycles. The van der Waals surface area contributed by atoms with Crippen molar-refractivity contribution in [2.75, 3.05) is 11.9 Å². The molecule has 0 unspecified atom stereocenters. The molecule has 2 N–H and O–H groups in total. The Bertz CT molecular complexity index is 496. The predicted molar refractivity (Wildman–Crippen MR) is 59.1 cm³/mol. The van der Waals surface area contributed by atoms with Gasteiger partial charge in [0.05, 0.1) is 16.7 Å². The van der Waals surface area contributed by atoms with Crippen LogP contribution in [0.25, 0.3) is 0 Å². The molecule has 2 amide bonds. The van der Waals surface area contributed by atoms with E-state index in [-0.39, 0.29) is 12.2 Å². The average Bonchev–Trinajstić information content (AvgIpc) is 2.27. The van der Waals surface area contributed by atoms with Gasteiger partial charge in [-0.05, 0) is 18.2 Å². The number of amides is 2. The van der Waals surface area contributed by atoms with Gasteiger partial charge >= 0.3 is 12.2 Å². The summed E-state index contributed by atoms with van der Waals surface area (Å²) in [5.41, 5.74) is -1.11. The number of nitrogens with one attached hydrogen (secondary N) is 2. The summed E-state index contributed by atoms with van der Waals surface area (Å²) in [6.07, 6.45) is -4.60. The second-order valence-corrected chi connectivity index (χ2v) is 3.57. The summed E-state index contributed by atoms with van der Waals surface area (Å²) in [6.45, 7) is -0.244. The van der Waals surface area contributed by atoms with Crippen LogP contribution in [0.15, 0.2) is 18.2 Å². The van der Waals surface area contributed by atoms with E-state index in [9.17, 15) is 18.0 Å². The zero-order valence-electron chi connectivity index (χ0n) is 8.81. The van der Waals surface area contributed by atoms with Gasteiger partial charge in [0.25, 0.3) is 0 Å². The van der Waals surface area contributed by atoms with Crippen molar-refractivity contribution in [3.63, 3.8) is 0 Å². The van der Waals surface area contributed by atoms with Crippen LogP contribution in [-0.2, 0) is 6.18 Å². The van der Waals surface area contributed by atoms with Crippen molar-refractivity contribution < 1.29 is 18.0 Å². The van der Waals surface area contributed by atoms with Crippen LogP contribution in [0.4, 0.5) is 23.7 Å². The second-order valence-electron chi connectivity index (χ2n) is 3.16. The lowest BCUT2D eigenvalue weighted by Crippen LogP contribution is -2.28. The van der Waals surface area contributed by atoms with E-state index in [0.29, 0.717) is 6.07 Å². The van der Waals surface area contributed by atoms with Crippen LogP contribution in [0.2, 0.25) is 5.02 Å². The number of benzene rings is 1. The normalized spacial score (nSPS) is 10.6. The van der Waals surface area contributed by atoms with Gasteiger partial charge in [-0.25, -0.2) is 4.79 Å². The first-order chi connectivity index (χ1) is 8.34. The van der Waals surface area contributed by atoms with Gasteiger partial charge in [0.2, 0.25) is 0 Å². The van der Waals surface area contributed by atoms with Crippen LogP contribution < -0.4 is 10.6 Å². The Balaban J connectivity index is 2.87. The van der Waals surface area contributed by atoms with Crippen molar-refractivity contribution in [2.45, 2.75) is 6.18 Å². The first kappa shape index (κ1) is 14.1. The minimum atomic E-state index is -4.60. The Morgan fingerprint density at radius 2 is 2.11 bits per heavy atom. The van der Waals surface area contributed by atoms with Gasteiger partial charge in [-0.3, -0.25) is 0 Å². The van der Waals surface area contributed by atoms with E-state index < -0.39 is 22.8 Å². The largest absolute Gasteiger partial charge is 0.417 e. The Morgan fingerprint density at radius 3 is 2.67 bits per heavy atom.